The molecule has 0 aromatic heterocycles. The van der Waals surface area contributed by atoms with Crippen molar-refractivity contribution in [2.45, 2.75) is 25.8 Å². The van der Waals surface area contributed by atoms with Gasteiger partial charge in [0.1, 0.15) is 0 Å². The van der Waals surface area contributed by atoms with Crippen molar-refractivity contribution in [1.29, 1.82) is 0 Å². The maximum atomic E-state index is 6.19. The van der Waals surface area contributed by atoms with Crippen LogP contribution in [0, 0.1) is 0 Å². The fourth-order valence-electron chi connectivity index (χ4n) is 1.88. The highest BCUT2D eigenvalue weighted by Gasteiger charge is 2.16. The Labute approximate surface area is 115 Å². The lowest BCUT2D eigenvalue weighted by Crippen LogP contribution is -2.11. The Morgan fingerprint density at radius 2 is 1.68 bits per heavy atom. The van der Waals surface area contributed by atoms with Crippen LogP contribution in [-0.4, -0.2) is 21.3 Å². The van der Waals surface area contributed by atoms with E-state index >= 15 is 0 Å². The van der Waals surface area contributed by atoms with Crippen molar-refractivity contribution in [3.8, 4) is 17.2 Å². The zero-order chi connectivity index (χ0) is 14.4. The van der Waals surface area contributed by atoms with Crippen LogP contribution >= 0.6 is 0 Å². The van der Waals surface area contributed by atoms with E-state index in [0.717, 1.165) is 24.0 Å². The normalized spacial score (nSPS) is 11.8. The highest BCUT2D eigenvalue weighted by Crippen LogP contribution is 2.39. The van der Waals surface area contributed by atoms with Crippen molar-refractivity contribution >= 4 is 0 Å². The molecule has 0 spiro atoms. The summed E-state index contributed by atoms with van der Waals surface area (Å²) in [5.41, 5.74) is 8.28. The Morgan fingerprint density at radius 1 is 1.16 bits per heavy atom. The van der Waals surface area contributed by atoms with Gasteiger partial charge in [-0.15, -0.1) is 6.58 Å². The molecule has 0 radical (unpaired) electrons. The van der Waals surface area contributed by atoms with E-state index in [4.69, 9.17) is 19.9 Å². The molecule has 0 aliphatic rings. The van der Waals surface area contributed by atoms with Gasteiger partial charge in [-0.25, -0.2) is 0 Å². The van der Waals surface area contributed by atoms with Crippen molar-refractivity contribution in [3.05, 3.63) is 29.8 Å². The van der Waals surface area contributed by atoms with Gasteiger partial charge < -0.3 is 19.9 Å². The van der Waals surface area contributed by atoms with E-state index in [9.17, 15) is 0 Å². The van der Waals surface area contributed by atoms with Crippen molar-refractivity contribution < 1.29 is 14.2 Å². The van der Waals surface area contributed by atoms with Gasteiger partial charge in [0, 0.05) is 6.04 Å². The van der Waals surface area contributed by atoms with Gasteiger partial charge in [-0.2, -0.15) is 0 Å². The average molecular weight is 265 g/mol. The lowest BCUT2D eigenvalue weighted by atomic mass is 10.00. The summed E-state index contributed by atoms with van der Waals surface area (Å²) in [6, 6.07) is 3.71. The topological polar surface area (TPSA) is 53.7 Å². The first-order valence-electron chi connectivity index (χ1n) is 6.23. The molecule has 0 aliphatic carbocycles. The third kappa shape index (κ3) is 3.89. The standard InChI is InChI=1S/C15H23NO3/c1-10(2)6-7-12(16)11-8-13(17-3)15(19-5)14(9-11)18-4/h8-9,12H,1,6-7,16H2,2-5H3. The molecule has 1 atom stereocenters. The van der Waals surface area contributed by atoms with E-state index < -0.39 is 0 Å². The van der Waals surface area contributed by atoms with Gasteiger partial charge in [0.2, 0.25) is 5.75 Å². The molecule has 4 heteroatoms. The number of rotatable bonds is 7. The summed E-state index contributed by atoms with van der Waals surface area (Å²) in [4.78, 5) is 0. The van der Waals surface area contributed by atoms with Gasteiger partial charge >= 0.3 is 0 Å². The molecule has 19 heavy (non-hydrogen) atoms. The minimum Gasteiger partial charge on any atom is -0.493 e. The van der Waals surface area contributed by atoms with Gasteiger partial charge in [0.05, 0.1) is 21.3 Å². The molecule has 0 saturated heterocycles. The third-order valence-electron chi connectivity index (χ3n) is 3.00. The minimum atomic E-state index is -0.0783. The predicted molar refractivity (Wildman–Crippen MR) is 77.1 cm³/mol. The monoisotopic (exact) mass is 265 g/mol. The van der Waals surface area contributed by atoms with Crippen molar-refractivity contribution in [2.24, 2.45) is 5.73 Å². The summed E-state index contributed by atoms with van der Waals surface area (Å²) < 4.78 is 15.9. The molecule has 0 saturated carbocycles. The van der Waals surface area contributed by atoms with Crippen LogP contribution < -0.4 is 19.9 Å². The molecular formula is C15H23NO3. The van der Waals surface area contributed by atoms with Crippen molar-refractivity contribution in [2.75, 3.05) is 21.3 Å². The van der Waals surface area contributed by atoms with Gasteiger partial charge in [0.15, 0.2) is 11.5 Å². The number of benzene rings is 1. The fraction of sp³-hybridized carbons (Fsp3) is 0.467. The zero-order valence-corrected chi connectivity index (χ0v) is 12.2. The van der Waals surface area contributed by atoms with Crippen LogP contribution in [0.4, 0.5) is 0 Å². The summed E-state index contributed by atoms with van der Waals surface area (Å²) in [5, 5.41) is 0. The molecule has 0 heterocycles. The second kappa shape index (κ2) is 7.04. The Kier molecular flexibility index (Phi) is 5.70. The largest absolute Gasteiger partial charge is 0.493 e. The summed E-state index contributed by atoms with van der Waals surface area (Å²) in [6.45, 7) is 5.89. The molecule has 4 nitrogen and oxygen atoms in total. The number of ether oxygens (including phenoxy) is 3. The van der Waals surface area contributed by atoms with Crippen molar-refractivity contribution in [3.63, 3.8) is 0 Å². The number of hydrogen-bond donors (Lipinski definition) is 1. The average Bonchev–Trinajstić information content (AvgIpc) is 2.42. The molecule has 1 aromatic rings. The first kappa shape index (κ1) is 15.4. The summed E-state index contributed by atoms with van der Waals surface area (Å²) in [5.74, 6) is 1.84. The smallest absolute Gasteiger partial charge is 0.203 e. The Bertz CT molecular complexity index is 418. The van der Waals surface area contributed by atoms with Crippen LogP contribution in [-0.2, 0) is 0 Å². The van der Waals surface area contributed by atoms with E-state index in [1.54, 1.807) is 21.3 Å². The summed E-state index contributed by atoms with van der Waals surface area (Å²) in [7, 11) is 4.78. The summed E-state index contributed by atoms with van der Waals surface area (Å²) >= 11 is 0. The van der Waals surface area contributed by atoms with Crippen LogP contribution in [0.25, 0.3) is 0 Å². The fourth-order valence-corrected chi connectivity index (χ4v) is 1.88. The van der Waals surface area contributed by atoms with E-state index in [2.05, 4.69) is 6.58 Å². The molecule has 2 N–H and O–H groups in total. The second-order valence-corrected chi connectivity index (χ2v) is 4.56. The maximum Gasteiger partial charge on any atom is 0.203 e. The maximum absolute atomic E-state index is 6.19. The number of hydrogen-bond acceptors (Lipinski definition) is 4. The highest BCUT2D eigenvalue weighted by molar-refractivity contribution is 5.54. The van der Waals surface area contributed by atoms with Crippen LogP contribution in [0.15, 0.2) is 24.3 Å². The lowest BCUT2D eigenvalue weighted by Gasteiger charge is -2.17. The Hall–Kier alpha value is -1.68. The molecule has 0 aliphatic heterocycles. The Balaban J connectivity index is 3.04. The zero-order valence-electron chi connectivity index (χ0n) is 12.2. The molecule has 0 bridgehead atoms. The first-order chi connectivity index (χ1) is 9.03. The van der Waals surface area contributed by atoms with Crippen LogP contribution in [0.2, 0.25) is 0 Å². The van der Waals surface area contributed by atoms with Crippen LogP contribution in [0.1, 0.15) is 31.4 Å². The quantitative estimate of drug-likeness (QED) is 0.770. The van der Waals surface area contributed by atoms with Crippen molar-refractivity contribution in [1.82, 2.24) is 0 Å². The molecular weight excluding hydrogens is 242 g/mol. The van der Waals surface area contributed by atoms with E-state index in [1.165, 1.54) is 0 Å². The molecule has 1 rings (SSSR count). The summed E-state index contributed by atoms with van der Waals surface area (Å²) in [6.07, 6.45) is 1.74. The van der Waals surface area contributed by atoms with Crippen LogP contribution in [0.5, 0.6) is 17.2 Å². The highest BCUT2D eigenvalue weighted by atomic mass is 16.5. The van der Waals surface area contributed by atoms with Gasteiger partial charge in [-0.1, -0.05) is 5.57 Å². The Morgan fingerprint density at radius 3 is 2.05 bits per heavy atom. The molecule has 1 unspecified atom stereocenters. The molecule has 106 valence electrons. The molecule has 1 aromatic carbocycles. The lowest BCUT2D eigenvalue weighted by molar-refractivity contribution is 0.323. The van der Waals surface area contributed by atoms with E-state index in [-0.39, 0.29) is 6.04 Å². The van der Waals surface area contributed by atoms with E-state index in [1.807, 2.05) is 19.1 Å². The molecule has 0 fully saturated rings. The SMILES string of the molecule is C=C(C)CCC(N)c1cc(OC)c(OC)c(OC)c1. The second-order valence-electron chi connectivity index (χ2n) is 4.56. The predicted octanol–water partition coefficient (Wildman–Crippen LogP) is 3.07. The number of allylic oxidation sites excluding steroid dienone is 1. The minimum absolute atomic E-state index is 0.0783. The van der Waals surface area contributed by atoms with Crippen LogP contribution in [0.3, 0.4) is 0 Å². The number of methoxy groups -OCH3 is 3. The number of nitrogens with two attached hydrogens (primary N) is 1. The van der Waals surface area contributed by atoms with Gasteiger partial charge in [-0.3, -0.25) is 0 Å². The van der Waals surface area contributed by atoms with Gasteiger partial charge in [0.25, 0.3) is 0 Å². The molecule has 0 amide bonds. The third-order valence-corrected chi connectivity index (χ3v) is 3.00. The van der Waals surface area contributed by atoms with E-state index in [0.29, 0.717) is 17.2 Å². The first-order valence-corrected chi connectivity index (χ1v) is 6.23. The van der Waals surface area contributed by atoms with Gasteiger partial charge in [-0.05, 0) is 37.5 Å².